The lowest BCUT2D eigenvalue weighted by Gasteiger charge is -2.41. The Bertz CT molecular complexity index is 536. The number of hydrogen-bond donors (Lipinski definition) is 1. The second kappa shape index (κ2) is 4.35. The molecule has 100 valence electrons. The number of amides is 1. The van der Waals surface area contributed by atoms with Crippen LogP contribution in [0.25, 0.3) is 0 Å². The number of fused-ring (bicyclic) bond motifs is 1. The first-order chi connectivity index (χ1) is 9.13. The molecule has 0 unspecified atom stereocenters. The number of carboxylic acid groups (broad SMARTS) is 1. The quantitative estimate of drug-likeness (QED) is 0.795. The van der Waals surface area contributed by atoms with Crippen LogP contribution in [0.2, 0.25) is 0 Å². The van der Waals surface area contributed by atoms with E-state index in [0.29, 0.717) is 13.1 Å². The third-order valence-electron chi connectivity index (χ3n) is 3.93. The van der Waals surface area contributed by atoms with E-state index in [1.165, 1.54) is 5.56 Å². The molecule has 0 aliphatic carbocycles. The summed E-state index contributed by atoms with van der Waals surface area (Å²) in [6, 6.07) is 7.96. The first kappa shape index (κ1) is 12.2. The van der Waals surface area contributed by atoms with Crippen molar-refractivity contribution in [2.24, 2.45) is 5.41 Å². The molecule has 0 saturated carbocycles. The maximum absolute atomic E-state index is 12.4. The Morgan fingerprint density at radius 3 is 2.47 bits per heavy atom. The van der Waals surface area contributed by atoms with E-state index in [4.69, 9.17) is 4.74 Å². The van der Waals surface area contributed by atoms with E-state index in [1.54, 1.807) is 4.90 Å². The third-order valence-corrected chi connectivity index (χ3v) is 3.93. The summed E-state index contributed by atoms with van der Waals surface area (Å²) in [5.74, 6) is -1.40. The van der Waals surface area contributed by atoms with Gasteiger partial charge in [-0.25, -0.2) is 0 Å². The van der Waals surface area contributed by atoms with E-state index in [-0.39, 0.29) is 19.1 Å². The fourth-order valence-corrected chi connectivity index (χ4v) is 2.62. The van der Waals surface area contributed by atoms with E-state index in [9.17, 15) is 14.7 Å². The minimum absolute atomic E-state index is 0.0146. The number of benzene rings is 1. The van der Waals surface area contributed by atoms with Gasteiger partial charge in [0, 0.05) is 13.1 Å². The summed E-state index contributed by atoms with van der Waals surface area (Å²) in [6.45, 7) is 1.04. The van der Waals surface area contributed by atoms with Crippen molar-refractivity contribution in [3.63, 3.8) is 0 Å². The topological polar surface area (TPSA) is 66.8 Å². The van der Waals surface area contributed by atoms with Crippen LogP contribution in [-0.4, -0.2) is 41.6 Å². The van der Waals surface area contributed by atoms with Crippen LogP contribution >= 0.6 is 0 Å². The minimum atomic E-state index is -1.35. The van der Waals surface area contributed by atoms with Gasteiger partial charge in [-0.1, -0.05) is 24.3 Å². The highest BCUT2D eigenvalue weighted by Gasteiger charge is 2.55. The summed E-state index contributed by atoms with van der Waals surface area (Å²) in [7, 11) is 0. The smallest absolute Gasteiger partial charge is 0.324 e. The zero-order chi connectivity index (χ0) is 13.5. The van der Waals surface area contributed by atoms with Crippen molar-refractivity contribution >= 4 is 11.9 Å². The molecule has 1 amide bonds. The first-order valence-corrected chi connectivity index (χ1v) is 6.31. The molecular weight excluding hydrogens is 246 g/mol. The molecule has 0 spiro atoms. The molecule has 2 aliphatic rings. The van der Waals surface area contributed by atoms with E-state index in [1.807, 2.05) is 18.2 Å². The zero-order valence-corrected chi connectivity index (χ0v) is 10.5. The van der Waals surface area contributed by atoms with Crippen LogP contribution in [0, 0.1) is 5.41 Å². The molecule has 1 saturated heterocycles. The molecule has 2 heterocycles. The van der Waals surface area contributed by atoms with Crippen molar-refractivity contribution in [1.82, 2.24) is 4.90 Å². The minimum Gasteiger partial charge on any atom is -0.480 e. The third kappa shape index (κ3) is 1.81. The Kier molecular flexibility index (Phi) is 2.78. The number of carboxylic acids is 1. The van der Waals surface area contributed by atoms with Crippen molar-refractivity contribution in [1.29, 1.82) is 0 Å². The SMILES string of the molecule is O=C(O)C1(C(=O)N2CCc3ccccc3C2)COC1. The van der Waals surface area contributed by atoms with Crippen LogP contribution in [0.3, 0.4) is 0 Å². The Balaban J connectivity index is 1.81. The largest absolute Gasteiger partial charge is 0.480 e. The fraction of sp³-hybridized carbons (Fsp3) is 0.429. The molecule has 2 aliphatic heterocycles. The van der Waals surface area contributed by atoms with Gasteiger partial charge in [-0.3, -0.25) is 9.59 Å². The lowest BCUT2D eigenvalue weighted by molar-refractivity contribution is -0.191. The predicted octanol–water partition coefficient (Wildman–Crippen LogP) is 0.672. The molecule has 5 nitrogen and oxygen atoms in total. The van der Waals surface area contributed by atoms with Gasteiger partial charge in [0.15, 0.2) is 5.41 Å². The Labute approximate surface area is 110 Å². The van der Waals surface area contributed by atoms with Gasteiger partial charge in [0.05, 0.1) is 13.2 Å². The monoisotopic (exact) mass is 261 g/mol. The summed E-state index contributed by atoms with van der Waals surface area (Å²) in [5, 5.41) is 9.25. The van der Waals surface area contributed by atoms with E-state index in [2.05, 4.69) is 6.07 Å². The van der Waals surface area contributed by atoms with Gasteiger partial charge in [-0.15, -0.1) is 0 Å². The predicted molar refractivity (Wildman–Crippen MR) is 66.5 cm³/mol. The summed E-state index contributed by atoms with van der Waals surface area (Å²) < 4.78 is 4.95. The first-order valence-electron chi connectivity index (χ1n) is 6.31. The van der Waals surface area contributed by atoms with Crippen LogP contribution < -0.4 is 0 Å². The lowest BCUT2D eigenvalue weighted by Crippen LogP contribution is -2.60. The zero-order valence-electron chi connectivity index (χ0n) is 10.5. The van der Waals surface area contributed by atoms with Crippen LogP contribution in [0.5, 0.6) is 0 Å². The lowest BCUT2D eigenvalue weighted by atomic mass is 9.83. The molecule has 19 heavy (non-hydrogen) atoms. The van der Waals surface area contributed by atoms with Crippen LogP contribution in [0.15, 0.2) is 24.3 Å². The Morgan fingerprint density at radius 1 is 1.21 bits per heavy atom. The second-order valence-corrected chi connectivity index (χ2v) is 5.13. The molecule has 1 N–H and O–H groups in total. The van der Waals surface area contributed by atoms with Gasteiger partial charge < -0.3 is 14.7 Å². The van der Waals surface area contributed by atoms with E-state index in [0.717, 1.165) is 12.0 Å². The number of ether oxygens (including phenoxy) is 1. The van der Waals surface area contributed by atoms with Gasteiger partial charge >= 0.3 is 5.97 Å². The van der Waals surface area contributed by atoms with E-state index < -0.39 is 11.4 Å². The average Bonchev–Trinajstić information content (AvgIpc) is 2.36. The maximum Gasteiger partial charge on any atom is 0.324 e. The van der Waals surface area contributed by atoms with Gasteiger partial charge in [-0.05, 0) is 17.5 Å². The summed E-state index contributed by atoms with van der Waals surface area (Å²) in [6.07, 6.45) is 0.776. The van der Waals surface area contributed by atoms with Gasteiger partial charge in [0.2, 0.25) is 5.91 Å². The average molecular weight is 261 g/mol. The van der Waals surface area contributed by atoms with Gasteiger partial charge in [-0.2, -0.15) is 0 Å². The van der Waals surface area contributed by atoms with Crippen molar-refractivity contribution in [3.05, 3.63) is 35.4 Å². The number of rotatable bonds is 2. The molecule has 0 radical (unpaired) electrons. The molecule has 0 atom stereocenters. The molecular formula is C14H15NO4. The number of hydrogen-bond acceptors (Lipinski definition) is 3. The van der Waals surface area contributed by atoms with Crippen molar-refractivity contribution < 1.29 is 19.4 Å². The molecule has 0 aromatic heterocycles. The van der Waals surface area contributed by atoms with Gasteiger partial charge in [0.1, 0.15) is 0 Å². The Hall–Kier alpha value is -1.88. The van der Waals surface area contributed by atoms with Crippen molar-refractivity contribution in [2.45, 2.75) is 13.0 Å². The molecule has 1 aromatic rings. The second-order valence-electron chi connectivity index (χ2n) is 5.13. The molecule has 5 heteroatoms. The van der Waals surface area contributed by atoms with Crippen LogP contribution in [-0.2, 0) is 27.3 Å². The molecule has 0 bridgehead atoms. The molecule has 1 fully saturated rings. The Morgan fingerprint density at radius 2 is 1.89 bits per heavy atom. The van der Waals surface area contributed by atoms with Crippen LogP contribution in [0.1, 0.15) is 11.1 Å². The van der Waals surface area contributed by atoms with Crippen molar-refractivity contribution in [3.8, 4) is 0 Å². The summed E-state index contributed by atoms with van der Waals surface area (Å²) in [5.41, 5.74) is 0.982. The number of nitrogens with zero attached hydrogens (tertiary/aromatic N) is 1. The van der Waals surface area contributed by atoms with Crippen LogP contribution in [0.4, 0.5) is 0 Å². The normalized spacial score (nSPS) is 20.3. The molecule has 3 rings (SSSR count). The highest BCUT2D eigenvalue weighted by Crippen LogP contribution is 2.32. The number of carbonyl (C=O) groups is 2. The maximum atomic E-state index is 12.4. The number of aliphatic carboxylic acids is 1. The highest BCUT2D eigenvalue weighted by atomic mass is 16.5. The highest BCUT2D eigenvalue weighted by molar-refractivity contribution is 6.03. The van der Waals surface area contributed by atoms with E-state index >= 15 is 0 Å². The van der Waals surface area contributed by atoms with Gasteiger partial charge in [0.25, 0.3) is 0 Å². The van der Waals surface area contributed by atoms with Crippen molar-refractivity contribution in [2.75, 3.05) is 19.8 Å². The summed E-state index contributed by atoms with van der Waals surface area (Å²) >= 11 is 0. The summed E-state index contributed by atoms with van der Waals surface area (Å²) in [4.78, 5) is 25.4. The fourth-order valence-electron chi connectivity index (χ4n) is 2.62. The standard InChI is InChI=1S/C14H15NO4/c16-12(14(13(17)18)8-19-9-14)15-6-5-10-3-1-2-4-11(10)7-15/h1-4H,5-9H2,(H,17,18). The molecule has 1 aromatic carbocycles. The number of carbonyl (C=O) groups excluding carboxylic acids is 1.